The Morgan fingerprint density at radius 2 is 1.71 bits per heavy atom. The Hall–Kier alpha value is -4.18. The fraction of sp³-hybridized carbons (Fsp3) is 0.0370. The van der Waals surface area contributed by atoms with Gasteiger partial charge in [-0.25, -0.2) is 9.78 Å². The van der Waals surface area contributed by atoms with Crippen LogP contribution in [0.2, 0.25) is 0 Å². The van der Waals surface area contributed by atoms with Gasteiger partial charge in [0, 0.05) is 29.0 Å². The zero-order chi connectivity index (χ0) is 21.2. The zero-order valence-corrected chi connectivity index (χ0v) is 16.8. The summed E-state index contributed by atoms with van der Waals surface area (Å²) in [5.41, 5.74) is 5.19. The van der Waals surface area contributed by atoms with Crippen LogP contribution in [0.4, 0.5) is 0 Å². The number of carboxylic acids is 1. The summed E-state index contributed by atoms with van der Waals surface area (Å²) in [5.74, 6) is -0.901. The highest BCUT2D eigenvalue weighted by atomic mass is 16.4. The van der Waals surface area contributed by atoms with Crippen molar-refractivity contribution < 1.29 is 9.90 Å². The molecule has 2 aromatic heterocycles. The molecule has 0 aliphatic rings. The SMILES string of the molecule is O=C(O)c1ccccc1Cn1ccc2cc(/C=C/c3ccc4ccccc4n3)ccc21. The van der Waals surface area contributed by atoms with Crippen LogP contribution in [-0.2, 0) is 6.54 Å². The van der Waals surface area contributed by atoms with Crippen LogP contribution in [0.5, 0.6) is 0 Å². The van der Waals surface area contributed by atoms with E-state index in [1.807, 2.05) is 48.7 Å². The molecule has 150 valence electrons. The lowest BCUT2D eigenvalue weighted by Crippen LogP contribution is -2.06. The number of carbonyl (C=O) groups is 1. The van der Waals surface area contributed by atoms with Crippen LogP contribution in [0.25, 0.3) is 34.0 Å². The molecule has 0 saturated heterocycles. The van der Waals surface area contributed by atoms with Gasteiger partial charge in [0.25, 0.3) is 0 Å². The number of aromatic nitrogens is 2. The van der Waals surface area contributed by atoms with Gasteiger partial charge in [-0.05, 0) is 53.6 Å². The van der Waals surface area contributed by atoms with Gasteiger partial charge in [-0.1, -0.05) is 54.6 Å². The highest BCUT2D eigenvalue weighted by Gasteiger charge is 2.10. The lowest BCUT2D eigenvalue weighted by atomic mass is 10.1. The number of para-hydroxylation sites is 1. The Morgan fingerprint density at radius 1 is 0.871 bits per heavy atom. The van der Waals surface area contributed by atoms with Crippen LogP contribution in [0.3, 0.4) is 0 Å². The molecule has 1 N–H and O–H groups in total. The standard InChI is InChI=1S/C27H20N2O2/c30-27(31)24-7-3-1-6-22(24)18-29-16-15-21-17-19(10-14-26(21)29)9-12-23-13-11-20-5-2-4-8-25(20)28-23/h1-17H,18H2,(H,30,31)/b12-9+. The molecule has 4 nitrogen and oxygen atoms in total. The van der Waals surface area contributed by atoms with Crippen LogP contribution in [0, 0.1) is 0 Å². The first-order valence-corrected chi connectivity index (χ1v) is 10.1. The van der Waals surface area contributed by atoms with E-state index in [4.69, 9.17) is 0 Å². The molecule has 5 rings (SSSR count). The van der Waals surface area contributed by atoms with Gasteiger partial charge < -0.3 is 9.67 Å². The number of pyridine rings is 1. The van der Waals surface area contributed by atoms with Gasteiger partial charge in [0.05, 0.1) is 16.8 Å². The minimum atomic E-state index is -0.901. The molecular formula is C27H20N2O2. The van der Waals surface area contributed by atoms with Crippen LogP contribution in [0.15, 0.2) is 91.1 Å². The third-order valence-corrected chi connectivity index (χ3v) is 5.45. The molecule has 4 heteroatoms. The fourth-order valence-corrected chi connectivity index (χ4v) is 3.87. The molecule has 0 bridgehead atoms. The molecule has 0 atom stereocenters. The second-order valence-electron chi connectivity index (χ2n) is 7.49. The van der Waals surface area contributed by atoms with E-state index in [9.17, 15) is 9.90 Å². The van der Waals surface area contributed by atoms with Crippen molar-refractivity contribution in [2.24, 2.45) is 0 Å². The maximum atomic E-state index is 11.5. The van der Waals surface area contributed by atoms with E-state index in [1.54, 1.807) is 12.1 Å². The minimum Gasteiger partial charge on any atom is -0.478 e. The van der Waals surface area contributed by atoms with Crippen molar-refractivity contribution in [1.29, 1.82) is 0 Å². The summed E-state index contributed by atoms with van der Waals surface area (Å²) in [5, 5.41) is 11.7. The topological polar surface area (TPSA) is 55.1 Å². The van der Waals surface area contributed by atoms with E-state index in [-0.39, 0.29) is 0 Å². The Balaban J connectivity index is 1.41. The summed E-state index contributed by atoms with van der Waals surface area (Å²) in [6.45, 7) is 0.516. The van der Waals surface area contributed by atoms with Gasteiger partial charge in [-0.3, -0.25) is 0 Å². The molecule has 0 amide bonds. The first-order valence-electron chi connectivity index (χ1n) is 10.1. The minimum absolute atomic E-state index is 0.340. The zero-order valence-electron chi connectivity index (χ0n) is 16.8. The quantitative estimate of drug-likeness (QED) is 0.385. The van der Waals surface area contributed by atoms with Gasteiger partial charge in [0.15, 0.2) is 0 Å². The Bertz CT molecular complexity index is 1450. The van der Waals surface area contributed by atoms with Gasteiger partial charge >= 0.3 is 5.97 Å². The average Bonchev–Trinajstić information content (AvgIpc) is 3.19. The van der Waals surface area contributed by atoms with E-state index in [0.717, 1.165) is 38.6 Å². The third kappa shape index (κ3) is 3.83. The number of fused-ring (bicyclic) bond motifs is 2. The molecule has 3 aromatic carbocycles. The summed E-state index contributed by atoms with van der Waals surface area (Å²) in [7, 11) is 0. The van der Waals surface area contributed by atoms with E-state index < -0.39 is 5.97 Å². The summed E-state index contributed by atoms with van der Waals surface area (Å²) >= 11 is 0. The first-order chi connectivity index (χ1) is 15.2. The van der Waals surface area contributed by atoms with Crippen molar-refractivity contribution >= 4 is 39.9 Å². The van der Waals surface area contributed by atoms with Gasteiger partial charge in [0.1, 0.15) is 0 Å². The Labute approximate surface area is 179 Å². The Morgan fingerprint density at radius 3 is 2.61 bits per heavy atom. The summed E-state index contributed by atoms with van der Waals surface area (Å²) in [6, 6.07) is 27.7. The molecule has 0 spiro atoms. The van der Waals surface area contributed by atoms with Crippen molar-refractivity contribution in [2.75, 3.05) is 0 Å². The van der Waals surface area contributed by atoms with Crippen LogP contribution in [0.1, 0.15) is 27.2 Å². The number of aromatic carboxylic acids is 1. The van der Waals surface area contributed by atoms with Crippen LogP contribution >= 0.6 is 0 Å². The number of hydrogen-bond donors (Lipinski definition) is 1. The average molecular weight is 404 g/mol. The summed E-state index contributed by atoms with van der Waals surface area (Å²) in [4.78, 5) is 16.2. The predicted octanol–water partition coefficient (Wildman–Crippen LogP) is 6.11. The molecule has 0 fully saturated rings. The summed E-state index contributed by atoms with van der Waals surface area (Å²) < 4.78 is 2.08. The largest absolute Gasteiger partial charge is 0.478 e. The van der Waals surface area contributed by atoms with E-state index in [1.165, 1.54) is 0 Å². The lowest BCUT2D eigenvalue weighted by Gasteiger charge is -2.09. The molecule has 31 heavy (non-hydrogen) atoms. The van der Waals surface area contributed by atoms with E-state index in [0.29, 0.717) is 12.1 Å². The number of rotatable bonds is 5. The smallest absolute Gasteiger partial charge is 0.336 e. The molecule has 0 aliphatic heterocycles. The normalized spacial score (nSPS) is 11.5. The first kappa shape index (κ1) is 18.8. The number of nitrogens with zero attached hydrogens (tertiary/aromatic N) is 2. The molecule has 2 heterocycles. The van der Waals surface area contributed by atoms with Crippen molar-refractivity contribution in [3.63, 3.8) is 0 Å². The van der Waals surface area contributed by atoms with Crippen molar-refractivity contribution in [1.82, 2.24) is 9.55 Å². The number of benzene rings is 3. The Kier molecular flexibility index (Phi) is 4.81. The molecule has 0 saturated carbocycles. The van der Waals surface area contributed by atoms with Gasteiger partial charge in [-0.2, -0.15) is 0 Å². The maximum Gasteiger partial charge on any atom is 0.336 e. The predicted molar refractivity (Wildman–Crippen MR) is 125 cm³/mol. The van der Waals surface area contributed by atoms with Gasteiger partial charge in [0.2, 0.25) is 0 Å². The van der Waals surface area contributed by atoms with Crippen molar-refractivity contribution in [2.45, 2.75) is 6.54 Å². The summed E-state index contributed by atoms with van der Waals surface area (Å²) in [6.07, 6.45) is 6.09. The van der Waals surface area contributed by atoms with Crippen molar-refractivity contribution in [3.05, 3.63) is 114 Å². The number of hydrogen-bond acceptors (Lipinski definition) is 2. The maximum absolute atomic E-state index is 11.5. The molecule has 5 aromatic rings. The lowest BCUT2D eigenvalue weighted by molar-refractivity contribution is 0.0695. The molecule has 0 aliphatic carbocycles. The molecule has 0 unspecified atom stereocenters. The monoisotopic (exact) mass is 404 g/mol. The fourth-order valence-electron chi connectivity index (χ4n) is 3.87. The number of carboxylic acid groups (broad SMARTS) is 1. The second kappa shape index (κ2) is 7.92. The van der Waals surface area contributed by atoms with Crippen LogP contribution in [-0.4, -0.2) is 20.6 Å². The molecule has 0 radical (unpaired) electrons. The van der Waals surface area contributed by atoms with Gasteiger partial charge in [-0.15, -0.1) is 0 Å². The van der Waals surface area contributed by atoms with Crippen LogP contribution < -0.4 is 0 Å². The van der Waals surface area contributed by atoms with Crippen molar-refractivity contribution in [3.8, 4) is 0 Å². The highest BCUT2D eigenvalue weighted by Crippen LogP contribution is 2.22. The third-order valence-electron chi connectivity index (χ3n) is 5.45. The second-order valence-corrected chi connectivity index (χ2v) is 7.49. The highest BCUT2D eigenvalue weighted by molar-refractivity contribution is 5.89. The van der Waals surface area contributed by atoms with E-state index in [2.05, 4.69) is 52.0 Å². The molecular weight excluding hydrogens is 384 g/mol. The van der Waals surface area contributed by atoms with E-state index >= 15 is 0 Å².